The van der Waals surface area contributed by atoms with E-state index in [1.807, 2.05) is 24.3 Å². The molecule has 2 aromatic rings. The minimum absolute atomic E-state index is 0.130. The monoisotopic (exact) mass is 382 g/mol. The zero-order chi connectivity index (χ0) is 17.5. The van der Waals surface area contributed by atoms with Crippen LogP contribution in [0.25, 0.3) is 0 Å². The normalized spacial score (nSPS) is 10.1. The minimum Gasteiger partial charge on any atom is -0.484 e. The van der Waals surface area contributed by atoms with E-state index in [4.69, 9.17) is 40.2 Å². The maximum atomic E-state index is 11.9. The number of amides is 1. The van der Waals surface area contributed by atoms with Gasteiger partial charge in [0.2, 0.25) is 0 Å². The summed E-state index contributed by atoms with van der Waals surface area (Å²) in [4.78, 5) is 11.9. The second-order valence-electron chi connectivity index (χ2n) is 4.92. The molecule has 24 heavy (non-hydrogen) atoms. The number of hydrogen-bond donors (Lipinski definition) is 2. The molecule has 2 N–H and O–H groups in total. The minimum atomic E-state index is -0.355. The number of anilines is 1. The van der Waals surface area contributed by atoms with Crippen LogP contribution >= 0.6 is 35.4 Å². The Hall–Kier alpha value is -1.82. The lowest BCUT2D eigenvalue weighted by Crippen LogP contribution is -2.37. The SMILES string of the molecule is CCc1ccc(OCC(=O)NC(=S)Nc2ccc(Cl)c(Cl)c2)cc1. The summed E-state index contributed by atoms with van der Waals surface area (Å²) in [7, 11) is 0. The van der Waals surface area contributed by atoms with E-state index in [0.29, 0.717) is 21.5 Å². The molecule has 2 rings (SSSR count). The van der Waals surface area contributed by atoms with Gasteiger partial charge in [0.05, 0.1) is 10.0 Å². The first-order chi connectivity index (χ1) is 11.5. The molecule has 0 fully saturated rings. The molecule has 0 saturated carbocycles. The number of carbonyl (C=O) groups is 1. The van der Waals surface area contributed by atoms with Gasteiger partial charge in [0.1, 0.15) is 5.75 Å². The molecule has 7 heteroatoms. The average Bonchev–Trinajstić information content (AvgIpc) is 2.56. The predicted octanol–water partition coefficient (Wildman–Crippen LogP) is 4.45. The van der Waals surface area contributed by atoms with Crippen LogP contribution < -0.4 is 15.4 Å². The van der Waals surface area contributed by atoms with Crippen molar-refractivity contribution in [2.24, 2.45) is 0 Å². The van der Waals surface area contributed by atoms with E-state index < -0.39 is 0 Å². The molecular formula is C17H16Cl2N2O2S. The Morgan fingerprint density at radius 1 is 1.12 bits per heavy atom. The first kappa shape index (κ1) is 18.5. The summed E-state index contributed by atoms with van der Waals surface area (Å²) < 4.78 is 5.42. The van der Waals surface area contributed by atoms with Crippen molar-refractivity contribution in [3.05, 3.63) is 58.1 Å². The van der Waals surface area contributed by atoms with Crippen molar-refractivity contribution in [2.75, 3.05) is 11.9 Å². The molecule has 0 heterocycles. The van der Waals surface area contributed by atoms with Crippen molar-refractivity contribution in [1.29, 1.82) is 0 Å². The Kier molecular flexibility index (Phi) is 6.85. The molecule has 0 aliphatic heterocycles. The fourth-order valence-electron chi connectivity index (χ4n) is 1.87. The molecule has 0 spiro atoms. The van der Waals surface area contributed by atoms with Crippen molar-refractivity contribution >= 4 is 52.1 Å². The number of carbonyl (C=O) groups excluding carboxylic acids is 1. The standard InChI is InChI=1S/C17H16Cl2N2O2S/c1-2-11-3-6-13(7-4-11)23-10-16(22)21-17(24)20-12-5-8-14(18)15(19)9-12/h3-9H,2,10H2,1H3,(H2,20,21,22,24). The smallest absolute Gasteiger partial charge is 0.264 e. The summed E-state index contributed by atoms with van der Waals surface area (Å²) in [6, 6.07) is 12.6. The predicted molar refractivity (Wildman–Crippen MR) is 102 cm³/mol. The Morgan fingerprint density at radius 3 is 2.46 bits per heavy atom. The Balaban J connectivity index is 1.80. The summed E-state index contributed by atoms with van der Waals surface area (Å²) in [5, 5.41) is 6.39. The highest BCUT2D eigenvalue weighted by atomic mass is 35.5. The zero-order valence-corrected chi connectivity index (χ0v) is 15.3. The number of nitrogens with one attached hydrogen (secondary N) is 2. The van der Waals surface area contributed by atoms with Crippen molar-refractivity contribution in [1.82, 2.24) is 5.32 Å². The van der Waals surface area contributed by atoms with Gasteiger partial charge in [-0.15, -0.1) is 0 Å². The maximum Gasteiger partial charge on any atom is 0.264 e. The molecule has 0 unspecified atom stereocenters. The van der Waals surface area contributed by atoms with E-state index in [1.54, 1.807) is 18.2 Å². The van der Waals surface area contributed by atoms with Gasteiger partial charge in [0.15, 0.2) is 11.7 Å². The molecule has 2 aromatic carbocycles. The Bertz CT molecular complexity index is 736. The summed E-state index contributed by atoms with van der Waals surface area (Å²) in [5.41, 5.74) is 1.84. The maximum absolute atomic E-state index is 11.9. The summed E-state index contributed by atoms with van der Waals surface area (Å²) in [6.07, 6.45) is 0.954. The number of rotatable bonds is 5. The fourth-order valence-corrected chi connectivity index (χ4v) is 2.40. The van der Waals surface area contributed by atoms with E-state index in [-0.39, 0.29) is 17.6 Å². The number of aryl methyl sites for hydroxylation is 1. The molecule has 0 saturated heterocycles. The number of halogens is 2. The number of thiocarbonyl (C=S) groups is 1. The van der Waals surface area contributed by atoms with Gasteiger partial charge >= 0.3 is 0 Å². The van der Waals surface area contributed by atoms with E-state index in [9.17, 15) is 4.79 Å². The number of hydrogen-bond acceptors (Lipinski definition) is 3. The molecule has 4 nitrogen and oxygen atoms in total. The van der Waals surface area contributed by atoms with Crippen molar-refractivity contribution in [3.8, 4) is 5.75 Å². The molecule has 126 valence electrons. The second kappa shape index (κ2) is 8.87. The highest BCUT2D eigenvalue weighted by Gasteiger charge is 2.07. The molecular weight excluding hydrogens is 367 g/mol. The summed E-state index contributed by atoms with van der Waals surface area (Å²) in [6.45, 7) is 1.94. The second-order valence-corrected chi connectivity index (χ2v) is 6.14. The molecule has 0 atom stereocenters. The highest BCUT2D eigenvalue weighted by Crippen LogP contribution is 2.24. The Labute approximate surface area is 156 Å². The van der Waals surface area contributed by atoms with Crippen LogP contribution in [0.3, 0.4) is 0 Å². The van der Waals surface area contributed by atoms with Crippen LogP contribution in [0.2, 0.25) is 10.0 Å². The largest absolute Gasteiger partial charge is 0.484 e. The van der Waals surface area contributed by atoms with Gasteiger partial charge in [-0.25, -0.2) is 0 Å². The van der Waals surface area contributed by atoms with Crippen LogP contribution in [0, 0.1) is 0 Å². The van der Waals surface area contributed by atoms with Crippen LogP contribution in [0.5, 0.6) is 5.75 Å². The van der Waals surface area contributed by atoms with E-state index in [2.05, 4.69) is 17.6 Å². The quantitative estimate of drug-likeness (QED) is 0.750. The van der Waals surface area contributed by atoms with Crippen LogP contribution in [0.4, 0.5) is 5.69 Å². The van der Waals surface area contributed by atoms with Crippen LogP contribution in [0.15, 0.2) is 42.5 Å². The van der Waals surface area contributed by atoms with E-state index in [1.165, 1.54) is 5.56 Å². The zero-order valence-electron chi connectivity index (χ0n) is 12.9. The van der Waals surface area contributed by atoms with Crippen molar-refractivity contribution in [2.45, 2.75) is 13.3 Å². The van der Waals surface area contributed by atoms with Crippen molar-refractivity contribution in [3.63, 3.8) is 0 Å². The third-order valence-electron chi connectivity index (χ3n) is 3.13. The van der Waals surface area contributed by atoms with E-state index in [0.717, 1.165) is 6.42 Å². The van der Waals surface area contributed by atoms with E-state index >= 15 is 0 Å². The molecule has 0 bridgehead atoms. The van der Waals surface area contributed by atoms with Gasteiger partial charge in [0, 0.05) is 5.69 Å². The van der Waals surface area contributed by atoms with Gasteiger partial charge in [0.25, 0.3) is 5.91 Å². The molecule has 0 aromatic heterocycles. The average molecular weight is 383 g/mol. The first-order valence-electron chi connectivity index (χ1n) is 7.25. The molecule has 0 aliphatic carbocycles. The molecule has 0 aliphatic rings. The molecule has 1 amide bonds. The first-order valence-corrected chi connectivity index (χ1v) is 8.42. The summed E-state index contributed by atoms with van der Waals surface area (Å²) in [5.74, 6) is 0.276. The van der Waals surface area contributed by atoms with Gasteiger partial charge in [-0.2, -0.15) is 0 Å². The van der Waals surface area contributed by atoms with Crippen LogP contribution in [-0.2, 0) is 11.2 Å². The van der Waals surface area contributed by atoms with Crippen LogP contribution in [-0.4, -0.2) is 17.6 Å². The van der Waals surface area contributed by atoms with Gasteiger partial charge in [-0.1, -0.05) is 42.3 Å². The number of ether oxygens (including phenoxy) is 1. The van der Waals surface area contributed by atoms with Gasteiger partial charge in [-0.3, -0.25) is 10.1 Å². The van der Waals surface area contributed by atoms with Crippen molar-refractivity contribution < 1.29 is 9.53 Å². The fraction of sp³-hybridized carbons (Fsp3) is 0.176. The summed E-state index contributed by atoms with van der Waals surface area (Å²) >= 11 is 16.8. The van der Waals surface area contributed by atoms with Gasteiger partial charge in [-0.05, 0) is 54.5 Å². The lowest BCUT2D eigenvalue weighted by Gasteiger charge is -2.11. The molecule has 0 radical (unpaired) electrons. The lowest BCUT2D eigenvalue weighted by atomic mass is 10.2. The third kappa shape index (κ3) is 5.67. The lowest BCUT2D eigenvalue weighted by molar-refractivity contribution is -0.121. The topological polar surface area (TPSA) is 50.4 Å². The highest BCUT2D eigenvalue weighted by molar-refractivity contribution is 7.80. The third-order valence-corrected chi connectivity index (χ3v) is 4.08. The Morgan fingerprint density at radius 2 is 1.83 bits per heavy atom. The van der Waals surface area contributed by atoms with Crippen LogP contribution in [0.1, 0.15) is 12.5 Å². The van der Waals surface area contributed by atoms with Gasteiger partial charge < -0.3 is 10.1 Å². The number of benzene rings is 2.